The van der Waals surface area contributed by atoms with Gasteiger partial charge in [0.2, 0.25) is 0 Å². The SMILES string of the molecule is CC(C)=C1C(=O)c2c(C)csc2/C1=C(/C)C#N. The first kappa shape index (κ1) is 11.8. The second-order valence-corrected chi connectivity index (χ2v) is 5.32. The van der Waals surface area contributed by atoms with E-state index >= 15 is 0 Å². The third-order valence-corrected chi connectivity index (χ3v) is 4.06. The second-order valence-electron chi connectivity index (χ2n) is 4.44. The van der Waals surface area contributed by atoms with Crippen LogP contribution in [0.4, 0.5) is 0 Å². The summed E-state index contributed by atoms with van der Waals surface area (Å²) in [7, 11) is 0. The van der Waals surface area contributed by atoms with Crippen LogP contribution >= 0.6 is 11.3 Å². The number of fused-ring (bicyclic) bond motifs is 1. The van der Waals surface area contributed by atoms with Gasteiger partial charge in [-0.2, -0.15) is 5.26 Å². The van der Waals surface area contributed by atoms with Gasteiger partial charge in [0.15, 0.2) is 5.78 Å². The molecular formula is C14H13NOS. The van der Waals surface area contributed by atoms with E-state index in [1.807, 2.05) is 26.2 Å². The van der Waals surface area contributed by atoms with Gasteiger partial charge >= 0.3 is 0 Å². The fourth-order valence-corrected chi connectivity index (χ4v) is 3.31. The van der Waals surface area contributed by atoms with E-state index < -0.39 is 0 Å². The summed E-state index contributed by atoms with van der Waals surface area (Å²) in [5, 5.41) is 11.1. The lowest BCUT2D eigenvalue weighted by atomic mass is 9.99. The number of allylic oxidation sites excluding steroid dienone is 4. The summed E-state index contributed by atoms with van der Waals surface area (Å²) in [6.07, 6.45) is 0. The van der Waals surface area contributed by atoms with Crippen LogP contribution in [0.25, 0.3) is 5.57 Å². The van der Waals surface area contributed by atoms with Crippen molar-refractivity contribution in [2.45, 2.75) is 27.7 Å². The summed E-state index contributed by atoms with van der Waals surface area (Å²) in [5.74, 6) is 0.0725. The van der Waals surface area contributed by atoms with Crippen molar-refractivity contribution >= 4 is 22.7 Å². The largest absolute Gasteiger partial charge is 0.289 e. The Hall–Kier alpha value is -1.66. The Bertz CT molecular complexity index is 619. The molecule has 0 unspecified atom stereocenters. The van der Waals surface area contributed by atoms with E-state index in [2.05, 4.69) is 6.07 Å². The smallest absolute Gasteiger partial charge is 0.195 e. The molecule has 86 valence electrons. The molecule has 17 heavy (non-hydrogen) atoms. The minimum atomic E-state index is 0.0725. The average Bonchev–Trinajstić information content (AvgIpc) is 2.78. The average molecular weight is 243 g/mol. The number of nitriles is 1. The molecule has 1 aliphatic carbocycles. The number of hydrogen-bond acceptors (Lipinski definition) is 3. The third kappa shape index (κ3) is 1.57. The second kappa shape index (κ2) is 3.97. The predicted octanol–water partition coefficient (Wildman–Crippen LogP) is 3.89. The van der Waals surface area contributed by atoms with Gasteiger partial charge in [0.25, 0.3) is 0 Å². The fraction of sp³-hybridized carbons (Fsp3) is 0.286. The maximum absolute atomic E-state index is 12.4. The highest BCUT2D eigenvalue weighted by molar-refractivity contribution is 7.12. The van der Waals surface area contributed by atoms with Gasteiger partial charge in [0.1, 0.15) is 0 Å². The number of nitrogens with zero attached hydrogens (tertiary/aromatic N) is 1. The zero-order chi connectivity index (χ0) is 12.7. The van der Waals surface area contributed by atoms with Crippen molar-refractivity contribution in [2.24, 2.45) is 0 Å². The summed E-state index contributed by atoms with van der Waals surface area (Å²) in [5.41, 5.74) is 4.95. The van der Waals surface area contributed by atoms with E-state index in [4.69, 9.17) is 5.26 Å². The molecule has 2 nitrogen and oxygen atoms in total. The Labute approximate surface area is 105 Å². The molecule has 0 amide bonds. The van der Waals surface area contributed by atoms with E-state index in [-0.39, 0.29) is 5.78 Å². The van der Waals surface area contributed by atoms with Gasteiger partial charge in [-0.3, -0.25) is 4.79 Å². The van der Waals surface area contributed by atoms with Gasteiger partial charge in [0, 0.05) is 27.2 Å². The van der Waals surface area contributed by atoms with Crippen molar-refractivity contribution in [2.75, 3.05) is 0 Å². The monoisotopic (exact) mass is 243 g/mol. The first-order valence-corrected chi connectivity index (χ1v) is 6.29. The molecule has 1 aromatic heterocycles. The number of Topliss-reactive ketones (excluding diaryl/α,β-unsaturated/α-hetero) is 1. The summed E-state index contributed by atoms with van der Waals surface area (Å²) in [6.45, 7) is 7.56. The van der Waals surface area contributed by atoms with Gasteiger partial charge in [-0.1, -0.05) is 5.57 Å². The molecule has 0 fully saturated rings. The van der Waals surface area contributed by atoms with Crippen LogP contribution in [-0.2, 0) is 0 Å². The number of aryl methyl sites for hydroxylation is 1. The van der Waals surface area contributed by atoms with Crippen molar-refractivity contribution < 1.29 is 4.79 Å². The Morgan fingerprint density at radius 3 is 2.47 bits per heavy atom. The van der Waals surface area contributed by atoms with Crippen LogP contribution in [0.3, 0.4) is 0 Å². The zero-order valence-corrected chi connectivity index (χ0v) is 11.2. The van der Waals surface area contributed by atoms with E-state index in [9.17, 15) is 4.79 Å². The highest BCUT2D eigenvalue weighted by Crippen LogP contribution is 2.44. The topological polar surface area (TPSA) is 40.9 Å². The minimum absolute atomic E-state index is 0.0725. The Morgan fingerprint density at radius 2 is 1.94 bits per heavy atom. The Morgan fingerprint density at radius 1 is 1.29 bits per heavy atom. The molecule has 2 rings (SSSR count). The number of hydrogen-bond donors (Lipinski definition) is 0. The highest BCUT2D eigenvalue weighted by atomic mass is 32.1. The fourth-order valence-electron chi connectivity index (χ4n) is 2.15. The van der Waals surface area contributed by atoms with Crippen LogP contribution in [0.2, 0.25) is 0 Å². The number of thiophene rings is 1. The molecule has 1 aliphatic rings. The molecule has 3 heteroatoms. The molecule has 0 radical (unpaired) electrons. The molecular weight excluding hydrogens is 230 g/mol. The molecule has 0 spiro atoms. The van der Waals surface area contributed by atoms with E-state index in [0.717, 1.165) is 27.2 Å². The molecule has 0 saturated carbocycles. The van der Waals surface area contributed by atoms with E-state index in [1.54, 1.807) is 18.3 Å². The molecule has 0 saturated heterocycles. The lowest BCUT2D eigenvalue weighted by molar-refractivity contribution is 0.104. The Balaban J connectivity index is 2.87. The van der Waals surface area contributed by atoms with Crippen molar-refractivity contribution in [1.82, 2.24) is 0 Å². The van der Waals surface area contributed by atoms with Gasteiger partial charge in [-0.05, 0) is 38.6 Å². The maximum Gasteiger partial charge on any atom is 0.195 e. The molecule has 0 aromatic carbocycles. The summed E-state index contributed by atoms with van der Waals surface area (Å²) in [4.78, 5) is 13.3. The summed E-state index contributed by atoms with van der Waals surface area (Å²) in [6, 6.07) is 2.16. The van der Waals surface area contributed by atoms with Crippen LogP contribution in [0.5, 0.6) is 0 Å². The zero-order valence-electron chi connectivity index (χ0n) is 10.3. The third-order valence-electron chi connectivity index (χ3n) is 2.95. The van der Waals surface area contributed by atoms with Crippen LogP contribution in [0.1, 0.15) is 41.6 Å². The van der Waals surface area contributed by atoms with Crippen molar-refractivity contribution in [1.29, 1.82) is 5.26 Å². The van der Waals surface area contributed by atoms with Gasteiger partial charge in [0.05, 0.1) is 6.07 Å². The number of ketones is 1. The predicted molar refractivity (Wildman–Crippen MR) is 70.0 cm³/mol. The van der Waals surface area contributed by atoms with Crippen LogP contribution in [-0.4, -0.2) is 5.78 Å². The lowest BCUT2D eigenvalue weighted by Crippen LogP contribution is -1.99. The molecule has 0 atom stereocenters. The quantitative estimate of drug-likeness (QED) is 0.512. The first-order valence-electron chi connectivity index (χ1n) is 5.41. The van der Waals surface area contributed by atoms with Crippen LogP contribution in [0, 0.1) is 18.3 Å². The molecule has 1 aromatic rings. The van der Waals surface area contributed by atoms with Crippen LogP contribution < -0.4 is 0 Å². The number of carbonyl (C=O) groups is 1. The molecule has 1 heterocycles. The minimum Gasteiger partial charge on any atom is -0.289 e. The summed E-state index contributed by atoms with van der Waals surface area (Å²) >= 11 is 1.55. The number of carbonyl (C=O) groups excluding carboxylic acids is 1. The van der Waals surface area contributed by atoms with Gasteiger partial charge in [-0.15, -0.1) is 11.3 Å². The highest BCUT2D eigenvalue weighted by Gasteiger charge is 2.34. The Kier molecular flexibility index (Phi) is 2.76. The molecule has 0 bridgehead atoms. The first-order chi connectivity index (χ1) is 7.99. The lowest BCUT2D eigenvalue weighted by Gasteiger charge is -2.04. The number of rotatable bonds is 0. The maximum atomic E-state index is 12.4. The van der Waals surface area contributed by atoms with Gasteiger partial charge < -0.3 is 0 Å². The normalized spacial score (nSPS) is 16.9. The summed E-state index contributed by atoms with van der Waals surface area (Å²) < 4.78 is 0. The van der Waals surface area contributed by atoms with Crippen molar-refractivity contribution in [3.63, 3.8) is 0 Å². The van der Waals surface area contributed by atoms with E-state index in [0.29, 0.717) is 11.1 Å². The molecule has 0 N–H and O–H groups in total. The van der Waals surface area contributed by atoms with Gasteiger partial charge in [-0.25, -0.2) is 0 Å². The standard InChI is InChI=1S/C14H13NOS/c1-7(2)10-11(8(3)5-15)14-12(13(10)16)9(4)6-17-14/h6H,1-4H3/b11-8-. The van der Waals surface area contributed by atoms with Crippen molar-refractivity contribution in [3.8, 4) is 6.07 Å². The van der Waals surface area contributed by atoms with Crippen LogP contribution in [0.15, 0.2) is 22.1 Å². The van der Waals surface area contributed by atoms with Crippen molar-refractivity contribution in [3.05, 3.63) is 38.1 Å². The van der Waals surface area contributed by atoms with E-state index in [1.165, 1.54) is 0 Å². The molecule has 0 aliphatic heterocycles.